The zero-order valence-electron chi connectivity index (χ0n) is 17.5. The number of hydrogen-bond acceptors (Lipinski definition) is 6. The summed E-state index contributed by atoms with van der Waals surface area (Å²) in [6.07, 6.45) is 1.56. The number of rotatable bonds is 8. The van der Waals surface area contributed by atoms with Crippen LogP contribution < -0.4 is 4.74 Å². The van der Waals surface area contributed by atoms with Crippen LogP contribution in [0.25, 0.3) is 0 Å². The van der Waals surface area contributed by atoms with Crippen molar-refractivity contribution in [3.05, 3.63) is 29.8 Å². The Balaban J connectivity index is 1.48. The minimum atomic E-state index is -2.94. The standard InChI is InChI=1S/C21H33N3O4S/c1-3-9-24(19-8-14-29(26,27)17-19)16-21(25)23-12-10-22(11-13-23)15-18-4-6-20(28-2)7-5-18/h4-7,19H,3,8-17H2,1-2H3. The van der Waals surface area contributed by atoms with E-state index in [4.69, 9.17) is 4.74 Å². The molecule has 0 radical (unpaired) electrons. The van der Waals surface area contributed by atoms with Gasteiger partial charge in [0.05, 0.1) is 25.2 Å². The number of carbonyl (C=O) groups excluding carboxylic acids is 1. The molecule has 1 unspecified atom stereocenters. The van der Waals surface area contributed by atoms with Gasteiger partial charge in [-0.05, 0) is 37.1 Å². The Bertz CT molecular complexity index is 774. The summed E-state index contributed by atoms with van der Waals surface area (Å²) in [6, 6.07) is 8.09. The Morgan fingerprint density at radius 3 is 2.41 bits per heavy atom. The van der Waals surface area contributed by atoms with Crippen LogP contribution >= 0.6 is 0 Å². The van der Waals surface area contributed by atoms with Gasteiger partial charge in [0.2, 0.25) is 5.91 Å². The van der Waals surface area contributed by atoms with Gasteiger partial charge in [0.1, 0.15) is 5.75 Å². The highest BCUT2D eigenvalue weighted by molar-refractivity contribution is 7.91. The van der Waals surface area contributed by atoms with Crippen LogP contribution in [0.4, 0.5) is 0 Å². The van der Waals surface area contributed by atoms with Gasteiger partial charge in [0.15, 0.2) is 9.84 Å². The van der Waals surface area contributed by atoms with Gasteiger partial charge in [-0.2, -0.15) is 0 Å². The maximum absolute atomic E-state index is 12.8. The van der Waals surface area contributed by atoms with Crippen molar-refractivity contribution in [1.29, 1.82) is 0 Å². The van der Waals surface area contributed by atoms with Gasteiger partial charge < -0.3 is 9.64 Å². The molecule has 2 fully saturated rings. The highest BCUT2D eigenvalue weighted by Crippen LogP contribution is 2.19. The molecule has 0 bridgehead atoms. The van der Waals surface area contributed by atoms with E-state index in [1.807, 2.05) is 17.0 Å². The van der Waals surface area contributed by atoms with Crippen molar-refractivity contribution in [3.63, 3.8) is 0 Å². The summed E-state index contributed by atoms with van der Waals surface area (Å²) in [5.41, 5.74) is 1.24. The number of sulfone groups is 1. The Morgan fingerprint density at radius 2 is 1.86 bits per heavy atom. The maximum atomic E-state index is 12.8. The first-order valence-electron chi connectivity index (χ1n) is 10.5. The number of hydrogen-bond donors (Lipinski definition) is 0. The topological polar surface area (TPSA) is 70.2 Å². The molecule has 0 N–H and O–H groups in total. The van der Waals surface area contributed by atoms with Gasteiger partial charge in [-0.25, -0.2) is 8.42 Å². The molecule has 8 heteroatoms. The van der Waals surface area contributed by atoms with Crippen molar-refractivity contribution >= 4 is 15.7 Å². The second kappa shape index (κ2) is 9.91. The number of nitrogens with zero attached hydrogens (tertiary/aromatic N) is 3. The normalized spacial score (nSPS) is 22.2. The second-order valence-electron chi connectivity index (χ2n) is 8.03. The third kappa shape index (κ3) is 6.17. The number of piperazine rings is 1. The fourth-order valence-corrected chi connectivity index (χ4v) is 5.92. The quantitative estimate of drug-likeness (QED) is 0.627. The summed E-state index contributed by atoms with van der Waals surface area (Å²) in [6.45, 7) is 7.17. The molecule has 7 nitrogen and oxygen atoms in total. The lowest BCUT2D eigenvalue weighted by Gasteiger charge is -2.36. The van der Waals surface area contributed by atoms with Crippen LogP contribution in [0.2, 0.25) is 0 Å². The van der Waals surface area contributed by atoms with E-state index in [0.717, 1.165) is 51.4 Å². The van der Waals surface area contributed by atoms with Crippen LogP contribution in [0.1, 0.15) is 25.3 Å². The molecule has 3 rings (SSSR count). The monoisotopic (exact) mass is 423 g/mol. The van der Waals surface area contributed by atoms with E-state index >= 15 is 0 Å². The van der Waals surface area contributed by atoms with Crippen LogP contribution in [-0.4, -0.2) is 93.0 Å². The average Bonchev–Trinajstić information content (AvgIpc) is 3.08. The molecule has 2 aliphatic heterocycles. The largest absolute Gasteiger partial charge is 0.497 e. The van der Waals surface area contributed by atoms with Crippen LogP contribution in [0.3, 0.4) is 0 Å². The summed E-state index contributed by atoms with van der Waals surface area (Å²) in [5.74, 6) is 1.41. The Hall–Kier alpha value is -1.64. The van der Waals surface area contributed by atoms with Gasteiger partial charge in [-0.3, -0.25) is 14.6 Å². The molecule has 2 heterocycles. The van der Waals surface area contributed by atoms with Crippen molar-refractivity contribution < 1.29 is 17.9 Å². The van der Waals surface area contributed by atoms with Crippen molar-refractivity contribution in [2.24, 2.45) is 0 Å². The number of benzene rings is 1. The highest BCUT2D eigenvalue weighted by atomic mass is 32.2. The predicted molar refractivity (Wildman–Crippen MR) is 114 cm³/mol. The lowest BCUT2D eigenvalue weighted by atomic mass is 10.2. The summed E-state index contributed by atoms with van der Waals surface area (Å²) in [7, 11) is -1.28. The fourth-order valence-electron chi connectivity index (χ4n) is 4.16. The first-order chi connectivity index (χ1) is 13.9. The van der Waals surface area contributed by atoms with Crippen LogP contribution in [0.5, 0.6) is 5.75 Å². The van der Waals surface area contributed by atoms with E-state index in [1.54, 1.807) is 7.11 Å². The molecule has 1 amide bonds. The SMILES string of the molecule is CCCN(CC(=O)N1CCN(Cc2ccc(OC)cc2)CC1)C1CCS(=O)(=O)C1. The summed E-state index contributed by atoms with van der Waals surface area (Å²) < 4.78 is 28.9. The first-order valence-corrected chi connectivity index (χ1v) is 12.3. The van der Waals surface area contributed by atoms with Crippen molar-refractivity contribution in [1.82, 2.24) is 14.7 Å². The predicted octanol–water partition coefficient (Wildman–Crippen LogP) is 1.24. The van der Waals surface area contributed by atoms with Crippen molar-refractivity contribution in [2.75, 3.05) is 57.9 Å². The third-order valence-electron chi connectivity index (χ3n) is 5.86. The van der Waals surface area contributed by atoms with E-state index in [1.165, 1.54) is 5.56 Å². The summed E-state index contributed by atoms with van der Waals surface area (Å²) >= 11 is 0. The first kappa shape index (κ1) is 22.1. The van der Waals surface area contributed by atoms with Gasteiger partial charge in [0.25, 0.3) is 0 Å². The van der Waals surface area contributed by atoms with E-state index in [2.05, 4.69) is 28.9 Å². The lowest BCUT2D eigenvalue weighted by Crippen LogP contribution is -2.52. The molecule has 0 spiro atoms. The van der Waals surface area contributed by atoms with Gasteiger partial charge in [0, 0.05) is 38.8 Å². The van der Waals surface area contributed by atoms with Crippen molar-refractivity contribution in [2.45, 2.75) is 32.4 Å². The highest BCUT2D eigenvalue weighted by Gasteiger charge is 2.33. The molecule has 29 heavy (non-hydrogen) atoms. The number of ether oxygens (including phenoxy) is 1. The Kier molecular flexibility index (Phi) is 7.54. The smallest absolute Gasteiger partial charge is 0.236 e. The fraction of sp³-hybridized carbons (Fsp3) is 0.667. The molecule has 2 saturated heterocycles. The molecule has 162 valence electrons. The second-order valence-corrected chi connectivity index (χ2v) is 10.3. The molecule has 0 aliphatic carbocycles. The molecule has 2 aliphatic rings. The van der Waals surface area contributed by atoms with E-state index < -0.39 is 9.84 Å². The van der Waals surface area contributed by atoms with Crippen LogP contribution in [-0.2, 0) is 21.2 Å². The van der Waals surface area contributed by atoms with E-state index in [-0.39, 0.29) is 23.5 Å². The van der Waals surface area contributed by atoms with E-state index in [0.29, 0.717) is 13.0 Å². The van der Waals surface area contributed by atoms with Crippen LogP contribution in [0, 0.1) is 0 Å². The molecular weight excluding hydrogens is 390 g/mol. The molecular formula is C21H33N3O4S. The summed E-state index contributed by atoms with van der Waals surface area (Å²) in [4.78, 5) is 19.2. The van der Waals surface area contributed by atoms with Gasteiger partial charge in [-0.15, -0.1) is 0 Å². The number of amides is 1. The molecule has 0 saturated carbocycles. The van der Waals surface area contributed by atoms with Gasteiger partial charge in [-0.1, -0.05) is 19.1 Å². The molecule has 1 aromatic carbocycles. The number of carbonyl (C=O) groups is 1. The van der Waals surface area contributed by atoms with E-state index in [9.17, 15) is 13.2 Å². The zero-order valence-corrected chi connectivity index (χ0v) is 18.4. The Labute approximate surface area is 174 Å². The van der Waals surface area contributed by atoms with Gasteiger partial charge >= 0.3 is 0 Å². The average molecular weight is 424 g/mol. The lowest BCUT2D eigenvalue weighted by molar-refractivity contribution is -0.134. The molecule has 0 aromatic heterocycles. The summed E-state index contributed by atoms with van der Waals surface area (Å²) in [5, 5.41) is 0. The third-order valence-corrected chi connectivity index (χ3v) is 7.61. The number of methoxy groups -OCH3 is 1. The zero-order chi connectivity index (χ0) is 20.9. The molecule has 1 aromatic rings. The molecule has 1 atom stereocenters. The minimum absolute atomic E-state index is 0.0136. The minimum Gasteiger partial charge on any atom is -0.497 e. The maximum Gasteiger partial charge on any atom is 0.236 e. The van der Waals surface area contributed by atoms with Crippen molar-refractivity contribution in [3.8, 4) is 5.75 Å². The van der Waals surface area contributed by atoms with Crippen LogP contribution in [0.15, 0.2) is 24.3 Å². The Morgan fingerprint density at radius 1 is 1.17 bits per heavy atom.